The van der Waals surface area contributed by atoms with E-state index in [1.165, 1.54) is 11.1 Å². The molecule has 1 aromatic carbocycles. The molecule has 0 saturated carbocycles. The topological polar surface area (TPSA) is 44.4 Å². The number of benzene rings is 1. The van der Waals surface area contributed by atoms with Crippen molar-refractivity contribution in [2.24, 2.45) is 0 Å². The lowest BCUT2D eigenvalue weighted by Gasteiger charge is -2.24. The Morgan fingerprint density at radius 1 is 1.24 bits per heavy atom. The third kappa shape index (κ3) is 4.58. The second kappa shape index (κ2) is 7.24. The van der Waals surface area contributed by atoms with Crippen LogP contribution in [0.2, 0.25) is 0 Å². The Hall–Kier alpha value is -1.85. The summed E-state index contributed by atoms with van der Waals surface area (Å²) in [6.07, 6.45) is 0. The summed E-state index contributed by atoms with van der Waals surface area (Å²) in [6.45, 7) is 2.59. The normalized spacial score (nSPS) is 12.2. The van der Waals surface area contributed by atoms with Gasteiger partial charge in [0.25, 0.3) is 0 Å². The van der Waals surface area contributed by atoms with Crippen LogP contribution in [0.25, 0.3) is 0 Å². The van der Waals surface area contributed by atoms with Crippen LogP contribution in [0.1, 0.15) is 17.2 Å². The number of urea groups is 1. The van der Waals surface area contributed by atoms with Crippen molar-refractivity contribution in [2.75, 3.05) is 26.0 Å². The maximum Gasteiger partial charge on any atom is 0.319 e. The molecule has 0 saturated heterocycles. The Bertz CT molecular complexity index is 564. The molecular formula is C16H21N3OS. The molecule has 1 heterocycles. The van der Waals surface area contributed by atoms with Crippen molar-refractivity contribution in [3.63, 3.8) is 0 Å². The summed E-state index contributed by atoms with van der Waals surface area (Å²) in [5.41, 5.74) is 3.20. The van der Waals surface area contributed by atoms with E-state index in [0.717, 1.165) is 5.69 Å². The van der Waals surface area contributed by atoms with Gasteiger partial charge in [-0.25, -0.2) is 4.79 Å². The summed E-state index contributed by atoms with van der Waals surface area (Å²) in [6, 6.07) is 9.84. The smallest absolute Gasteiger partial charge is 0.319 e. The van der Waals surface area contributed by atoms with Crippen molar-refractivity contribution in [1.82, 2.24) is 10.2 Å². The molecule has 1 aromatic heterocycles. The quantitative estimate of drug-likeness (QED) is 0.888. The third-order valence-corrected chi connectivity index (χ3v) is 4.02. The summed E-state index contributed by atoms with van der Waals surface area (Å²) < 4.78 is 0. The Balaban J connectivity index is 1.89. The SMILES string of the molecule is Cc1ccc(NC(=O)NCC(c2ccsc2)N(C)C)cc1. The van der Waals surface area contributed by atoms with Gasteiger partial charge in [0, 0.05) is 12.2 Å². The van der Waals surface area contributed by atoms with Crippen LogP contribution in [-0.4, -0.2) is 31.6 Å². The molecule has 112 valence electrons. The number of nitrogens with zero attached hydrogens (tertiary/aromatic N) is 1. The van der Waals surface area contributed by atoms with Crippen LogP contribution in [0.4, 0.5) is 10.5 Å². The lowest BCUT2D eigenvalue weighted by Crippen LogP contribution is -2.36. The molecule has 2 N–H and O–H groups in total. The van der Waals surface area contributed by atoms with E-state index in [4.69, 9.17) is 0 Å². The largest absolute Gasteiger partial charge is 0.336 e. The van der Waals surface area contributed by atoms with Gasteiger partial charge in [0.05, 0.1) is 6.04 Å². The average molecular weight is 303 g/mol. The molecule has 21 heavy (non-hydrogen) atoms. The zero-order valence-electron chi connectivity index (χ0n) is 12.6. The van der Waals surface area contributed by atoms with Gasteiger partial charge in [-0.1, -0.05) is 17.7 Å². The van der Waals surface area contributed by atoms with Crippen LogP contribution in [0, 0.1) is 6.92 Å². The highest BCUT2D eigenvalue weighted by molar-refractivity contribution is 7.07. The molecular weight excluding hydrogens is 282 g/mol. The van der Waals surface area contributed by atoms with Crippen LogP contribution < -0.4 is 10.6 Å². The molecule has 5 heteroatoms. The van der Waals surface area contributed by atoms with E-state index >= 15 is 0 Å². The first-order chi connectivity index (χ1) is 10.1. The summed E-state index contributed by atoms with van der Waals surface area (Å²) in [4.78, 5) is 14.1. The predicted octanol–water partition coefficient (Wildman–Crippen LogP) is 3.48. The maximum absolute atomic E-state index is 12.0. The maximum atomic E-state index is 12.0. The number of thiophene rings is 1. The molecule has 4 nitrogen and oxygen atoms in total. The molecule has 2 amide bonds. The second-order valence-electron chi connectivity index (χ2n) is 5.24. The third-order valence-electron chi connectivity index (χ3n) is 3.32. The van der Waals surface area contributed by atoms with E-state index in [-0.39, 0.29) is 12.1 Å². The number of likely N-dealkylation sites (N-methyl/N-ethyl adjacent to an activating group) is 1. The summed E-state index contributed by atoms with van der Waals surface area (Å²) >= 11 is 1.67. The highest BCUT2D eigenvalue weighted by Crippen LogP contribution is 2.20. The van der Waals surface area contributed by atoms with Crippen molar-refractivity contribution in [1.29, 1.82) is 0 Å². The number of hydrogen-bond acceptors (Lipinski definition) is 3. The first-order valence-electron chi connectivity index (χ1n) is 6.86. The molecule has 0 aliphatic carbocycles. The molecule has 0 bridgehead atoms. The van der Waals surface area contributed by atoms with E-state index in [1.807, 2.05) is 45.3 Å². The number of anilines is 1. The first kappa shape index (κ1) is 15.5. The van der Waals surface area contributed by atoms with E-state index in [0.29, 0.717) is 6.54 Å². The van der Waals surface area contributed by atoms with Crippen molar-refractivity contribution in [2.45, 2.75) is 13.0 Å². The number of carbonyl (C=O) groups excluding carboxylic acids is 1. The Labute approximate surface area is 129 Å². The van der Waals surface area contributed by atoms with E-state index in [1.54, 1.807) is 11.3 Å². The van der Waals surface area contributed by atoms with E-state index < -0.39 is 0 Å². The lowest BCUT2D eigenvalue weighted by atomic mass is 10.1. The van der Waals surface area contributed by atoms with Gasteiger partial charge in [0.2, 0.25) is 0 Å². The van der Waals surface area contributed by atoms with Crippen molar-refractivity contribution >= 4 is 23.1 Å². The summed E-state index contributed by atoms with van der Waals surface area (Å²) in [7, 11) is 4.03. The van der Waals surface area contributed by atoms with Gasteiger partial charge in [0.15, 0.2) is 0 Å². The van der Waals surface area contributed by atoms with Gasteiger partial charge < -0.3 is 15.5 Å². The van der Waals surface area contributed by atoms with E-state index in [9.17, 15) is 4.79 Å². The van der Waals surface area contributed by atoms with Gasteiger partial charge in [-0.3, -0.25) is 0 Å². The fourth-order valence-electron chi connectivity index (χ4n) is 2.06. The number of rotatable bonds is 5. The van der Waals surface area contributed by atoms with Crippen molar-refractivity contribution < 1.29 is 4.79 Å². The molecule has 1 atom stereocenters. The number of nitrogens with one attached hydrogen (secondary N) is 2. The molecule has 0 spiro atoms. The number of amides is 2. The number of hydrogen-bond donors (Lipinski definition) is 2. The Kier molecular flexibility index (Phi) is 5.36. The summed E-state index contributed by atoms with van der Waals surface area (Å²) in [5.74, 6) is 0. The molecule has 0 fully saturated rings. The van der Waals surface area contributed by atoms with Gasteiger partial charge in [-0.15, -0.1) is 0 Å². The van der Waals surface area contributed by atoms with Gasteiger partial charge >= 0.3 is 6.03 Å². The van der Waals surface area contributed by atoms with Gasteiger partial charge in [-0.2, -0.15) is 11.3 Å². The minimum atomic E-state index is -0.180. The van der Waals surface area contributed by atoms with Crippen LogP contribution in [0.5, 0.6) is 0 Å². The molecule has 0 aliphatic heterocycles. The molecule has 2 rings (SSSR count). The molecule has 2 aromatic rings. The summed E-state index contributed by atoms with van der Waals surface area (Å²) in [5, 5.41) is 9.94. The molecule has 1 unspecified atom stereocenters. The van der Waals surface area contributed by atoms with Gasteiger partial charge in [0.1, 0.15) is 0 Å². The zero-order valence-corrected chi connectivity index (χ0v) is 13.4. The minimum Gasteiger partial charge on any atom is -0.336 e. The standard InChI is InChI=1S/C16H21N3OS/c1-12-4-6-14(7-5-12)18-16(20)17-10-15(19(2)3)13-8-9-21-11-13/h4-9,11,15H,10H2,1-3H3,(H2,17,18,20). The fourth-order valence-corrected chi connectivity index (χ4v) is 2.77. The second-order valence-corrected chi connectivity index (χ2v) is 6.02. The minimum absolute atomic E-state index is 0.180. The monoisotopic (exact) mass is 303 g/mol. The average Bonchev–Trinajstić information content (AvgIpc) is 2.95. The number of carbonyl (C=O) groups is 1. The van der Waals surface area contributed by atoms with Crippen LogP contribution >= 0.6 is 11.3 Å². The van der Waals surface area contributed by atoms with Gasteiger partial charge in [-0.05, 0) is 55.5 Å². The van der Waals surface area contributed by atoms with E-state index in [2.05, 4.69) is 32.4 Å². The highest BCUT2D eigenvalue weighted by atomic mass is 32.1. The molecule has 0 aliphatic rings. The van der Waals surface area contributed by atoms with Crippen molar-refractivity contribution in [3.8, 4) is 0 Å². The lowest BCUT2D eigenvalue weighted by molar-refractivity contribution is 0.243. The predicted molar refractivity (Wildman–Crippen MR) is 88.9 cm³/mol. The fraction of sp³-hybridized carbons (Fsp3) is 0.312. The zero-order chi connectivity index (χ0) is 15.2. The van der Waals surface area contributed by atoms with Crippen LogP contribution in [-0.2, 0) is 0 Å². The Morgan fingerprint density at radius 2 is 1.95 bits per heavy atom. The first-order valence-corrected chi connectivity index (χ1v) is 7.80. The van der Waals surface area contributed by atoms with Crippen LogP contribution in [0.3, 0.4) is 0 Å². The molecule has 0 radical (unpaired) electrons. The highest BCUT2D eigenvalue weighted by Gasteiger charge is 2.15. The Morgan fingerprint density at radius 3 is 2.52 bits per heavy atom. The van der Waals surface area contributed by atoms with Crippen LogP contribution in [0.15, 0.2) is 41.1 Å². The van der Waals surface area contributed by atoms with Crippen molar-refractivity contribution in [3.05, 3.63) is 52.2 Å². The number of aryl methyl sites for hydroxylation is 1.